The van der Waals surface area contributed by atoms with Crippen molar-refractivity contribution in [2.75, 3.05) is 13.1 Å². The minimum atomic E-state index is -4.10. The lowest BCUT2D eigenvalue weighted by Crippen LogP contribution is -2.48. The van der Waals surface area contributed by atoms with Gasteiger partial charge < -0.3 is 4.52 Å². The van der Waals surface area contributed by atoms with Crippen molar-refractivity contribution in [1.29, 1.82) is 0 Å². The Hall–Kier alpha value is -2.17. The molecule has 0 unspecified atom stereocenters. The van der Waals surface area contributed by atoms with Crippen LogP contribution in [0.2, 0.25) is 0 Å². The molecule has 6 nitrogen and oxygen atoms in total. The Morgan fingerprint density at radius 2 is 2.04 bits per heavy atom. The van der Waals surface area contributed by atoms with Gasteiger partial charge in [-0.2, -0.15) is 20.6 Å². The molecule has 1 aliphatic rings. The summed E-state index contributed by atoms with van der Waals surface area (Å²) >= 11 is 1.50. The Morgan fingerprint density at radius 3 is 2.76 bits per heavy atom. The molecular weight excluding hydrogens is 372 g/mol. The van der Waals surface area contributed by atoms with Crippen LogP contribution in [-0.4, -0.2) is 36.0 Å². The zero-order valence-corrected chi connectivity index (χ0v) is 14.2. The second-order valence-electron chi connectivity index (χ2n) is 5.56. The summed E-state index contributed by atoms with van der Waals surface area (Å²) in [6.07, 6.45) is 0. The number of benzene rings is 1. The predicted molar refractivity (Wildman–Crippen MR) is 85.5 cm³/mol. The minimum absolute atomic E-state index is 0.0730. The molecule has 0 radical (unpaired) electrons. The van der Waals surface area contributed by atoms with Crippen molar-refractivity contribution in [2.24, 2.45) is 0 Å². The van der Waals surface area contributed by atoms with Crippen molar-refractivity contribution in [3.8, 4) is 11.4 Å². The summed E-state index contributed by atoms with van der Waals surface area (Å²) in [6.45, 7) is 0.146. The summed E-state index contributed by atoms with van der Waals surface area (Å²) in [5.41, 5.74) is 0.825. The molecular formula is C15H11F2N3O3S2. The molecule has 3 heterocycles. The lowest BCUT2D eigenvalue weighted by atomic mass is 10.0. The molecule has 1 aliphatic heterocycles. The summed E-state index contributed by atoms with van der Waals surface area (Å²) in [4.78, 5) is 3.60. The van der Waals surface area contributed by atoms with Crippen LogP contribution in [0.3, 0.4) is 0 Å². The van der Waals surface area contributed by atoms with Crippen LogP contribution >= 0.6 is 11.3 Å². The van der Waals surface area contributed by atoms with Gasteiger partial charge in [-0.05, 0) is 29.6 Å². The van der Waals surface area contributed by atoms with Crippen LogP contribution in [0.5, 0.6) is 0 Å². The average molecular weight is 383 g/mol. The van der Waals surface area contributed by atoms with E-state index in [9.17, 15) is 17.2 Å². The van der Waals surface area contributed by atoms with Crippen molar-refractivity contribution in [1.82, 2.24) is 14.4 Å². The molecule has 1 saturated heterocycles. The van der Waals surface area contributed by atoms with E-state index in [0.717, 1.165) is 22.0 Å². The van der Waals surface area contributed by atoms with Gasteiger partial charge in [-0.1, -0.05) is 5.16 Å². The summed E-state index contributed by atoms with van der Waals surface area (Å²) in [5, 5.41) is 7.64. The molecule has 25 heavy (non-hydrogen) atoms. The fourth-order valence-corrected chi connectivity index (χ4v) is 4.76. The van der Waals surface area contributed by atoms with Crippen molar-refractivity contribution >= 4 is 21.4 Å². The minimum Gasteiger partial charge on any atom is -0.339 e. The molecule has 0 N–H and O–H groups in total. The number of aromatic nitrogens is 2. The number of nitrogens with zero attached hydrogens (tertiary/aromatic N) is 3. The third kappa shape index (κ3) is 2.86. The molecule has 1 fully saturated rings. The first-order chi connectivity index (χ1) is 11.9. The van der Waals surface area contributed by atoms with Gasteiger partial charge in [0.25, 0.3) is 0 Å². The largest absolute Gasteiger partial charge is 0.339 e. The van der Waals surface area contributed by atoms with E-state index in [1.54, 1.807) is 0 Å². The molecule has 0 spiro atoms. The standard InChI is InChI=1S/C15H11F2N3O3S2/c16-11-1-2-12(17)13(5-11)25(21,22)20-6-10(7-20)15-18-14(19-23-15)9-3-4-24-8-9/h1-5,8,10H,6-7H2. The highest BCUT2D eigenvalue weighted by Crippen LogP contribution is 2.33. The Labute approximate surface area is 145 Å². The van der Waals surface area contributed by atoms with E-state index in [0.29, 0.717) is 17.8 Å². The van der Waals surface area contributed by atoms with E-state index in [2.05, 4.69) is 10.1 Å². The second-order valence-corrected chi connectivity index (χ2v) is 8.25. The van der Waals surface area contributed by atoms with Crippen LogP contribution in [0.4, 0.5) is 8.78 Å². The maximum absolute atomic E-state index is 13.8. The number of halogens is 2. The molecule has 1 aromatic carbocycles. The molecule has 2 aromatic heterocycles. The van der Waals surface area contributed by atoms with Crippen LogP contribution in [0.15, 0.2) is 44.4 Å². The van der Waals surface area contributed by atoms with Crippen LogP contribution in [0.1, 0.15) is 11.8 Å². The van der Waals surface area contributed by atoms with Crippen LogP contribution in [0.25, 0.3) is 11.4 Å². The van der Waals surface area contributed by atoms with E-state index >= 15 is 0 Å². The fourth-order valence-electron chi connectivity index (χ4n) is 2.51. The van der Waals surface area contributed by atoms with E-state index in [1.165, 1.54) is 11.3 Å². The summed E-state index contributed by atoms with van der Waals surface area (Å²) in [7, 11) is -4.10. The summed E-state index contributed by atoms with van der Waals surface area (Å²) < 4.78 is 58.1. The Morgan fingerprint density at radius 1 is 1.24 bits per heavy atom. The van der Waals surface area contributed by atoms with Crippen molar-refractivity contribution in [3.63, 3.8) is 0 Å². The third-order valence-electron chi connectivity index (χ3n) is 3.93. The van der Waals surface area contributed by atoms with Gasteiger partial charge in [0.2, 0.25) is 21.7 Å². The third-order valence-corrected chi connectivity index (χ3v) is 6.46. The number of hydrogen-bond acceptors (Lipinski definition) is 6. The highest BCUT2D eigenvalue weighted by molar-refractivity contribution is 7.89. The lowest BCUT2D eigenvalue weighted by Gasteiger charge is -2.35. The van der Waals surface area contributed by atoms with E-state index in [4.69, 9.17) is 4.52 Å². The van der Waals surface area contributed by atoms with Crippen molar-refractivity contribution in [3.05, 3.63) is 52.6 Å². The van der Waals surface area contributed by atoms with Gasteiger partial charge in [0, 0.05) is 24.0 Å². The van der Waals surface area contributed by atoms with Crippen LogP contribution in [-0.2, 0) is 10.0 Å². The molecule has 0 amide bonds. The summed E-state index contributed by atoms with van der Waals surface area (Å²) in [6, 6.07) is 4.20. The number of hydrogen-bond donors (Lipinski definition) is 0. The number of thiophene rings is 1. The van der Waals surface area contributed by atoms with Gasteiger partial charge in [0.15, 0.2) is 0 Å². The molecule has 0 aliphatic carbocycles. The molecule has 10 heteroatoms. The first kappa shape index (κ1) is 16.3. The highest BCUT2D eigenvalue weighted by Gasteiger charge is 2.41. The van der Waals surface area contributed by atoms with E-state index in [1.807, 2.05) is 16.8 Å². The van der Waals surface area contributed by atoms with E-state index in [-0.39, 0.29) is 19.0 Å². The Balaban J connectivity index is 1.51. The molecule has 130 valence electrons. The maximum atomic E-state index is 13.8. The fraction of sp³-hybridized carbons (Fsp3) is 0.200. The van der Waals surface area contributed by atoms with Gasteiger partial charge >= 0.3 is 0 Å². The number of rotatable bonds is 4. The molecule has 0 bridgehead atoms. The van der Waals surface area contributed by atoms with Gasteiger partial charge in [-0.25, -0.2) is 17.2 Å². The number of sulfonamides is 1. The normalized spacial score (nSPS) is 16.1. The first-order valence-corrected chi connectivity index (χ1v) is 9.65. The quantitative estimate of drug-likeness (QED) is 0.692. The Bertz CT molecular complexity index is 1010. The van der Waals surface area contributed by atoms with Gasteiger partial charge in [0.05, 0.1) is 5.92 Å². The molecule has 4 rings (SSSR count). The van der Waals surface area contributed by atoms with Gasteiger partial charge in [-0.15, -0.1) is 0 Å². The second kappa shape index (κ2) is 5.97. The topological polar surface area (TPSA) is 76.3 Å². The first-order valence-electron chi connectivity index (χ1n) is 7.26. The molecule has 3 aromatic rings. The smallest absolute Gasteiger partial charge is 0.246 e. The van der Waals surface area contributed by atoms with Crippen molar-refractivity contribution < 1.29 is 21.7 Å². The van der Waals surface area contributed by atoms with Crippen LogP contribution < -0.4 is 0 Å². The summed E-state index contributed by atoms with van der Waals surface area (Å²) in [5.74, 6) is -1.30. The van der Waals surface area contributed by atoms with Gasteiger partial charge in [0.1, 0.15) is 16.5 Å². The zero-order valence-electron chi connectivity index (χ0n) is 12.6. The molecule has 0 atom stereocenters. The average Bonchev–Trinajstić information content (AvgIpc) is 3.18. The monoisotopic (exact) mass is 383 g/mol. The Kier molecular flexibility index (Phi) is 3.89. The zero-order chi connectivity index (χ0) is 17.6. The van der Waals surface area contributed by atoms with E-state index < -0.39 is 26.6 Å². The molecule has 0 saturated carbocycles. The highest BCUT2D eigenvalue weighted by atomic mass is 32.2. The van der Waals surface area contributed by atoms with Crippen molar-refractivity contribution in [2.45, 2.75) is 10.8 Å². The van der Waals surface area contributed by atoms with Gasteiger partial charge in [-0.3, -0.25) is 0 Å². The lowest BCUT2D eigenvalue weighted by molar-refractivity contribution is 0.216. The predicted octanol–water partition coefficient (Wildman–Crippen LogP) is 2.86. The van der Waals surface area contributed by atoms with Crippen LogP contribution in [0, 0.1) is 11.6 Å². The SMILES string of the molecule is O=S(=O)(c1cc(F)ccc1F)N1CC(c2nc(-c3ccsc3)no2)C1. The maximum Gasteiger partial charge on any atom is 0.246 e.